The molecule has 3 aliphatic rings. The Bertz CT molecular complexity index is 993. The summed E-state index contributed by atoms with van der Waals surface area (Å²) in [6.07, 6.45) is 6.56. The molecule has 2 aliphatic carbocycles. The Morgan fingerprint density at radius 2 is 1.94 bits per heavy atom. The molecule has 1 aliphatic heterocycles. The third-order valence-corrected chi connectivity index (χ3v) is 8.05. The van der Waals surface area contributed by atoms with Gasteiger partial charge in [0, 0.05) is 49.1 Å². The van der Waals surface area contributed by atoms with Crippen LogP contribution in [-0.2, 0) is 35.3 Å². The Hall–Kier alpha value is -2.41. The van der Waals surface area contributed by atoms with Crippen LogP contribution >= 0.6 is 11.3 Å². The highest BCUT2D eigenvalue weighted by Crippen LogP contribution is 2.35. The van der Waals surface area contributed by atoms with E-state index >= 15 is 0 Å². The first-order chi connectivity index (χ1) is 15.1. The molecule has 6 nitrogen and oxygen atoms in total. The third-order valence-electron chi connectivity index (χ3n) is 6.87. The van der Waals surface area contributed by atoms with Crippen LogP contribution in [0.1, 0.15) is 47.9 Å². The number of aryl methyl sites for hydroxylation is 3. The largest absolute Gasteiger partial charge is 0.345 e. The van der Waals surface area contributed by atoms with E-state index in [4.69, 9.17) is 4.98 Å². The molecular formula is C24H30N4O2S. The van der Waals surface area contributed by atoms with Gasteiger partial charge in [-0.3, -0.25) is 9.59 Å². The Kier molecular flexibility index (Phi) is 5.69. The van der Waals surface area contributed by atoms with E-state index in [0.29, 0.717) is 6.42 Å². The minimum absolute atomic E-state index is 0.00748. The summed E-state index contributed by atoms with van der Waals surface area (Å²) in [5.74, 6) is 0.369. The fourth-order valence-electron chi connectivity index (χ4n) is 4.99. The number of rotatable bonds is 4. The maximum atomic E-state index is 12.9. The molecule has 1 saturated heterocycles. The average Bonchev–Trinajstić information content (AvgIpc) is 3.44. The number of hydrogen-bond donors (Lipinski definition) is 1. The van der Waals surface area contributed by atoms with Gasteiger partial charge in [-0.05, 0) is 61.8 Å². The molecule has 31 heavy (non-hydrogen) atoms. The summed E-state index contributed by atoms with van der Waals surface area (Å²) >= 11 is 1.73. The zero-order chi connectivity index (χ0) is 21.4. The number of nitrogens with one attached hydrogen (secondary N) is 1. The normalized spacial score (nSPS) is 20.4. The Labute approximate surface area is 187 Å². The van der Waals surface area contributed by atoms with E-state index in [0.717, 1.165) is 74.8 Å². The first-order valence-electron chi connectivity index (χ1n) is 11.5. The van der Waals surface area contributed by atoms with Crippen molar-refractivity contribution >= 4 is 34.0 Å². The summed E-state index contributed by atoms with van der Waals surface area (Å²) in [6.45, 7) is 5.12. The second-order valence-electron chi connectivity index (χ2n) is 8.85. The number of thiazole rings is 1. The van der Waals surface area contributed by atoms with Crippen molar-refractivity contribution in [2.75, 3.05) is 36.4 Å². The summed E-state index contributed by atoms with van der Waals surface area (Å²) in [4.78, 5) is 35.2. The summed E-state index contributed by atoms with van der Waals surface area (Å²) < 4.78 is 0. The molecule has 0 radical (unpaired) electrons. The average molecular weight is 439 g/mol. The van der Waals surface area contributed by atoms with Gasteiger partial charge in [0.05, 0.1) is 5.69 Å². The van der Waals surface area contributed by atoms with E-state index in [1.807, 2.05) is 17.9 Å². The standard InChI is InChI=1S/C24H30N4O2S/c1-2-22(29)27-10-12-28(13-11-27)24-26-20-9-7-18(15-21(20)31-24)23(30)25-19-8-6-16-4-3-5-17(16)14-19/h6,8,14,18H,2-5,7,9-13,15H2,1H3,(H,25,30)/t18-/m0/s1. The van der Waals surface area contributed by atoms with E-state index in [-0.39, 0.29) is 17.7 Å². The minimum atomic E-state index is 0.00748. The lowest BCUT2D eigenvalue weighted by Gasteiger charge is -2.34. The van der Waals surface area contributed by atoms with E-state index in [1.165, 1.54) is 22.4 Å². The number of fused-ring (bicyclic) bond motifs is 2. The van der Waals surface area contributed by atoms with Crippen LogP contribution < -0.4 is 10.2 Å². The molecule has 1 atom stereocenters. The molecule has 1 aromatic carbocycles. The molecule has 0 bridgehead atoms. The van der Waals surface area contributed by atoms with Crippen molar-refractivity contribution in [1.29, 1.82) is 0 Å². The first-order valence-corrected chi connectivity index (χ1v) is 12.4. The van der Waals surface area contributed by atoms with Gasteiger partial charge in [0.2, 0.25) is 11.8 Å². The van der Waals surface area contributed by atoms with Gasteiger partial charge < -0.3 is 15.1 Å². The van der Waals surface area contributed by atoms with Crippen LogP contribution in [0.5, 0.6) is 0 Å². The van der Waals surface area contributed by atoms with Crippen LogP contribution in [0.4, 0.5) is 10.8 Å². The molecule has 0 saturated carbocycles. The predicted octanol–water partition coefficient (Wildman–Crippen LogP) is 3.43. The van der Waals surface area contributed by atoms with Crippen LogP contribution in [-0.4, -0.2) is 47.9 Å². The van der Waals surface area contributed by atoms with Gasteiger partial charge in [-0.2, -0.15) is 0 Å². The van der Waals surface area contributed by atoms with E-state index in [1.54, 1.807) is 11.3 Å². The molecule has 1 aromatic heterocycles. The van der Waals surface area contributed by atoms with Gasteiger partial charge in [0.1, 0.15) is 0 Å². The summed E-state index contributed by atoms with van der Waals surface area (Å²) in [6, 6.07) is 6.37. The van der Waals surface area contributed by atoms with Crippen molar-refractivity contribution in [3.8, 4) is 0 Å². The Morgan fingerprint density at radius 1 is 1.13 bits per heavy atom. The number of amides is 2. The number of carbonyl (C=O) groups is 2. The predicted molar refractivity (Wildman–Crippen MR) is 124 cm³/mol. The van der Waals surface area contributed by atoms with Gasteiger partial charge in [0.25, 0.3) is 0 Å². The van der Waals surface area contributed by atoms with Crippen LogP contribution in [0, 0.1) is 5.92 Å². The number of piperazine rings is 1. The van der Waals surface area contributed by atoms with Crippen LogP contribution in [0.15, 0.2) is 18.2 Å². The number of anilines is 2. The zero-order valence-corrected chi connectivity index (χ0v) is 19.0. The van der Waals surface area contributed by atoms with Crippen molar-refractivity contribution in [1.82, 2.24) is 9.88 Å². The maximum absolute atomic E-state index is 12.9. The number of nitrogens with zero attached hydrogens (tertiary/aromatic N) is 3. The van der Waals surface area contributed by atoms with Crippen molar-refractivity contribution in [3.05, 3.63) is 39.9 Å². The van der Waals surface area contributed by atoms with Gasteiger partial charge in [-0.25, -0.2) is 4.98 Å². The molecule has 5 rings (SSSR count). The topological polar surface area (TPSA) is 65.5 Å². The molecule has 7 heteroatoms. The molecular weight excluding hydrogens is 408 g/mol. The lowest BCUT2D eigenvalue weighted by molar-refractivity contribution is -0.131. The fraction of sp³-hybridized carbons (Fsp3) is 0.542. The molecule has 2 aromatic rings. The lowest BCUT2D eigenvalue weighted by Crippen LogP contribution is -2.48. The molecule has 0 unspecified atom stereocenters. The first kappa shape index (κ1) is 20.5. The monoisotopic (exact) mass is 438 g/mol. The Morgan fingerprint density at radius 3 is 2.74 bits per heavy atom. The van der Waals surface area contributed by atoms with E-state index in [9.17, 15) is 9.59 Å². The van der Waals surface area contributed by atoms with Gasteiger partial charge in [-0.15, -0.1) is 11.3 Å². The number of aromatic nitrogens is 1. The SMILES string of the molecule is CCC(=O)N1CCN(c2nc3c(s2)C[C@@H](C(=O)Nc2ccc4c(c2)CCC4)CC3)CC1. The molecule has 2 heterocycles. The van der Waals surface area contributed by atoms with Gasteiger partial charge in [-0.1, -0.05) is 13.0 Å². The third kappa shape index (κ3) is 4.20. The number of hydrogen-bond acceptors (Lipinski definition) is 5. The number of benzene rings is 1. The quantitative estimate of drug-likeness (QED) is 0.794. The smallest absolute Gasteiger partial charge is 0.227 e. The molecule has 164 valence electrons. The number of carbonyl (C=O) groups excluding carboxylic acids is 2. The van der Waals surface area contributed by atoms with Crippen LogP contribution in [0.2, 0.25) is 0 Å². The summed E-state index contributed by atoms with van der Waals surface area (Å²) in [7, 11) is 0. The van der Waals surface area contributed by atoms with E-state index in [2.05, 4.69) is 22.3 Å². The highest BCUT2D eigenvalue weighted by atomic mass is 32.1. The highest BCUT2D eigenvalue weighted by Gasteiger charge is 2.30. The molecule has 2 amide bonds. The van der Waals surface area contributed by atoms with Crippen molar-refractivity contribution < 1.29 is 9.59 Å². The summed E-state index contributed by atoms with van der Waals surface area (Å²) in [5, 5.41) is 4.21. The van der Waals surface area contributed by atoms with Gasteiger partial charge in [0.15, 0.2) is 5.13 Å². The maximum Gasteiger partial charge on any atom is 0.227 e. The van der Waals surface area contributed by atoms with Crippen molar-refractivity contribution in [3.63, 3.8) is 0 Å². The zero-order valence-electron chi connectivity index (χ0n) is 18.2. The van der Waals surface area contributed by atoms with Gasteiger partial charge >= 0.3 is 0 Å². The minimum Gasteiger partial charge on any atom is -0.345 e. The molecule has 0 spiro atoms. The van der Waals surface area contributed by atoms with Crippen molar-refractivity contribution in [2.45, 2.75) is 51.9 Å². The molecule has 1 fully saturated rings. The summed E-state index contributed by atoms with van der Waals surface area (Å²) in [5.41, 5.74) is 4.91. The lowest BCUT2D eigenvalue weighted by atomic mass is 9.90. The Balaban J connectivity index is 1.20. The highest BCUT2D eigenvalue weighted by molar-refractivity contribution is 7.15. The molecule has 1 N–H and O–H groups in total. The second kappa shape index (κ2) is 8.61. The van der Waals surface area contributed by atoms with E-state index < -0.39 is 0 Å². The van der Waals surface area contributed by atoms with Crippen LogP contribution in [0.3, 0.4) is 0 Å². The van der Waals surface area contributed by atoms with Crippen LogP contribution in [0.25, 0.3) is 0 Å². The second-order valence-corrected chi connectivity index (χ2v) is 9.92. The fourth-order valence-corrected chi connectivity index (χ4v) is 6.22. The van der Waals surface area contributed by atoms with Crippen molar-refractivity contribution in [2.24, 2.45) is 5.92 Å².